The maximum atomic E-state index is 12.3. The molecule has 120 valence electrons. The second-order valence-electron chi connectivity index (χ2n) is 5.22. The van der Waals surface area contributed by atoms with Crippen LogP contribution in [0.5, 0.6) is 0 Å². The topological polar surface area (TPSA) is 74.8 Å². The zero-order valence-corrected chi connectivity index (χ0v) is 13.0. The summed E-state index contributed by atoms with van der Waals surface area (Å²) in [5.74, 6) is 0.580. The van der Waals surface area contributed by atoms with Crippen LogP contribution in [0.1, 0.15) is 6.92 Å². The van der Waals surface area contributed by atoms with Crippen molar-refractivity contribution < 1.29 is 14.3 Å². The third-order valence-corrected chi connectivity index (χ3v) is 3.59. The quantitative estimate of drug-likeness (QED) is 0.821. The molecule has 7 heteroatoms. The van der Waals surface area contributed by atoms with Gasteiger partial charge in [0.25, 0.3) is 0 Å². The van der Waals surface area contributed by atoms with E-state index in [4.69, 9.17) is 4.74 Å². The molecule has 0 aromatic carbocycles. The second kappa shape index (κ2) is 7.74. The Morgan fingerprint density at radius 3 is 2.64 bits per heavy atom. The molecule has 1 aliphatic heterocycles. The van der Waals surface area contributed by atoms with Crippen LogP contribution in [0.3, 0.4) is 0 Å². The van der Waals surface area contributed by atoms with Crippen molar-refractivity contribution in [2.45, 2.75) is 13.0 Å². The fourth-order valence-corrected chi connectivity index (χ4v) is 2.45. The van der Waals surface area contributed by atoms with Crippen molar-refractivity contribution in [2.75, 3.05) is 44.8 Å². The number of pyridine rings is 1. The molecule has 2 amide bonds. The Bertz CT molecular complexity index is 501. The third-order valence-electron chi connectivity index (χ3n) is 3.59. The lowest BCUT2D eigenvalue weighted by molar-refractivity contribution is -0.137. The molecule has 0 saturated carbocycles. The molecule has 1 aliphatic rings. The van der Waals surface area contributed by atoms with Crippen molar-refractivity contribution in [3.8, 4) is 0 Å². The first-order valence-corrected chi connectivity index (χ1v) is 7.35. The summed E-state index contributed by atoms with van der Waals surface area (Å²) in [6.07, 6.45) is 1.76. The first-order chi connectivity index (χ1) is 10.6. The van der Waals surface area contributed by atoms with E-state index >= 15 is 0 Å². The Hall–Kier alpha value is -2.15. The van der Waals surface area contributed by atoms with Crippen LogP contribution in [-0.4, -0.2) is 67.6 Å². The van der Waals surface area contributed by atoms with Gasteiger partial charge in [-0.3, -0.25) is 9.59 Å². The number of nitrogens with one attached hydrogen (secondary N) is 1. The van der Waals surface area contributed by atoms with Crippen LogP contribution < -0.4 is 10.2 Å². The number of amides is 2. The lowest BCUT2D eigenvalue weighted by Crippen LogP contribution is -2.54. The number of carbonyl (C=O) groups excluding carboxylic acids is 2. The van der Waals surface area contributed by atoms with Gasteiger partial charge < -0.3 is 19.9 Å². The molecule has 2 heterocycles. The minimum Gasteiger partial charge on any atom is -0.375 e. The normalized spacial score (nSPS) is 16.3. The Morgan fingerprint density at radius 1 is 1.32 bits per heavy atom. The Labute approximate surface area is 130 Å². The van der Waals surface area contributed by atoms with E-state index in [0.29, 0.717) is 13.1 Å². The number of hydrogen-bond donors (Lipinski definition) is 1. The van der Waals surface area contributed by atoms with Crippen molar-refractivity contribution in [3.05, 3.63) is 24.4 Å². The monoisotopic (exact) mass is 306 g/mol. The summed E-state index contributed by atoms with van der Waals surface area (Å²) >= 11 is 0. The third kappa shape index (κ3) is 4.17. The molecule has 0 aliphatic carbocycles. The highest BCUT2D eigenvalue weighted by molar-refractivity contribution is 5.87. The summed E-state index contributed by atoms with van der Waals surface area (Å²) in [6, 6.07) is 5.26. The summed E-state index contributed by atoms with van der Waals surface area (Å²) in [5.41, 5.74) is 0. The van der Waals surface area contributed by atoms with Crippen molar-refractivity contribution in [3.63, 3.8) is 0 Å². The predicted octanol–water partition coefficient (Wildman–Crippen LogP) is -0.119. The standard InChI is InChI=1S/C15H22N4O3/c1-12(17-14(20)11-22-2)15(21)19-9-7-18(8-10-19)13-5-3-4-6-16-13/h3-6,12H,7-11H2,1-2H3,(H,17,20)/t12-/m1/s1. The highest BCUT2D eigenvalue weighted by Gasteiger charge is 2.26. The Kier molecular flexibility index (Phi) is 5.71. The second-order valence-corrected chi connectivity index (χ2v) is 5.22. The van der Waals surface area contributed by atoms with Crippen LogP contribution in [-0.2, 0) is 14.3 Å². The molecule has 1 aromatic rings. The van der Waals surface area contributed by atoms with Crippen molar-refractivity contribution in [1.29, 1.82) is 0 Å². The first kappa shape index (κ1) is 16.2. The van der Waals surface area contributed by atoms with Gasteiger partial charge in [-0.25, -0.2) is 4.98 Å². The van der Waals surface area contributed by atoms with Crippen LogP contribution in [0, 0.1) is 0 Å². The van der Waals surface area contributed by atoms with E-state index in [1.165, 1.54) is 7.11 Å². The van der Waals surface area contributed by atoms with Gasteiger partial charge in [0.15, 0.2) is 0 Å². The Balaban J connectivity index is 1.83. The van der Waals surface area contributed by atoms with Crippen molar-refractivity contribution in [1.82, 2.24) is 15.2 Å². The van der Waals surface area contributed by atoms with E-state index < -0.39 is 6.04 Å². The van der Waals surface area contributed by atoms with Gasteiger partial charge in [0.05, 0.1) is 0 Å². The lowest BCUT2D eigenvalue weighted by atomic mass is 10.2. The summed E-state index contributed by atoms with van der Waals surface area (Å²) in [6.45, 7) is 4.38. The lowest BCUT2D eigenvalue weighted by Gasteiger charge is -2.36. The zero-order valence-electron chi connectivity index (χ0n) is 13.0. The predicted molar refractivity (Wildman–Crippen MR) is 82.5 cm³/mol. The van der Waals surface area contributed by atoms with Crippen LogP contribution >= 0.6 is 0 Å². The van der Waals surface area contributed by atoms with E-state index in [1.54, 1.807) is 18.0 Å². The van der Waals surface area contributed by atoms with Gasteiger partial charge in [0, 0.05) is 39.5 Å². The molecule has 0 unspecified atom stereocenters. The molecule has 1 N–H and O–H groups in total. The molecule has 22 heavy (non-hydrogen) atoms. The zero-order chi connectivity index (χ0) is 15.9. The summed E-state index contributed by atoms with van der Waals surface area (Å²) in [7, 11) is 1.45. The van der Waals surface area contributed by atoms with Crippen LogP contribution in [0.2, 0.25) is 0 Å². The number of hydrogen-bond acceptors (Lipinski definition) is 5. The van der Waals surface area contributed by atoms with E-state index in [0.717, 1.165) is 18.9 Å². The average Bonchev–Trinajstić information content (AvgIpc) is 2.55. The molecule has 2 rings (SSSR count). The maximum Gasteiger partial charge on any atom is 0.246 e. The van der Waals surface area contributed by atoms with Crippen molar-refractivity contribution >= 4 is 17.6 Å². The van der Waals surface area contributed by atoms with E-state index in [9.17, 15) is 9.59 Å². The molecule has 1 atom stereocenters. The maximum absolute atomic E-state index is 12.3. The fourth-order valence-electron chi connectivity index (χ4n) is 2.45. The van der Waals surface area contributed by atoms with Gasteiger partial charge in [0.1, 0.15) is 18.5 Å². The smallest absolute Gasteiger partial charge is 0.246 e. The molecule has 1 saturated heterocycles. The van der Waals surface area contributed by atoms with Gasteiger partial charge in [0.2, 0.25) is 11.8 Å². The number of piperazine rings is 1. The molecule has 7 nitrogen and oxygen atoms in total. The largest absolute Gasteiger partial charge is 0.375 e. The van der Waals surface area contributed by atoms with E-state index in [-0.39, 0.29) is 18.4 Å². The number of ether oxygens (including phenoxy) is 1. The number of nitrogens with zero attached hydrogens (tertiary/aromatic N) is 3. The number of aromatic nitrogens is 1. The summed E-state index contributed by atoms with van der Waals surface area (Å²) < 4.78 is 4.74. The minimum atomic E-state index is -0.538. The molecular formula is C15H22N4O3. The van der Waals surface area contributed by atoms with Gasteiger partial charge in [-0.1, -0.05) is 6.07 Å². The van der Waals surface area contributed by atoms with E-state index in [2.05, 4.69) is 15.2 Å². The molecule has 0 spiro atoms. The molecular weight excluding hydrogens is 284 g/mol. The first-order valence-electron chi connectivity index (χ1n) is 7.35. The van der Waals surface area contributed by atoms with Gasteiger partial charge in [-0.15, -0.1) is 0 Å². The number of carbonyl (C=O) groups is 2. The fraction of sp³-hybridized carbons (Fsp3) is 0.533. The van der Waals surface area contributed by atoms with Crippen LogP contribution in [0.15, 0.2) is 24.4 Å². The summed E-state index contributed by atoms with van der Waals surface area (Å²) in [5, 5.41) is 2.64. The SMILES string of the molecule is COCC(=O)N[C@H](C)C(=O)N1CCN(c2ccccn2)CC1. The van der Waals surface area contributed by atoms with Gasteiger partial charge >= 0.3 is 0 Å². The highest BCUT2D eigenvalue weighted by atomic mass is 16.5. The molecule has 1 aromatic heterocycles. The van der Waals surface area contributed by atoms with E-state index in [1.807, 2.05) is 18.2 Å². The van der Waals surface area contributed by atoms with Crippen LogP contribution in [0.4, 0.5) is 5.82 Å². The molecule has 0 bridgehead atoms. The van der Waals surface area contributed by atoms with Gasteiger partial charge in [-0.2, -0.15) is 0 Å². The molecule has 0 radical (unpaired) electrons. The number of rotatable bonds is 5. The van der Waals surface area contributed by atoms with Crippen LogP contribution in [0.25, 0.3) is 0 Å². The highest BCUT2D eigenvalue weighted by Crippen LogP contribution is 2.13. The van der Waals surface area contributed by atoms with Crippen molar-refractivity contribution in [2.24, 2.45) is 0 Å². The van der Waals surface area contributed by atoms with Gasteiger partial charge in [-0.05, 0) is 19.1 Å². The molecule has 1 fully saturated rings. The number of anilines is 1. The number of methoxy groups -OCH3 is 1. The Morgan fingerprint density at radius 2 is 2.05 bits per heavy atom. The minimum absolute atomic E-state index is 0.0366. The summed E-state index contributed by atoms with van der Waals surface area (Å²) in [4.78, 5) is 32.0. The average molecular weight is 306 g/mol.